The zero-order chi connectivity index (χ0) is 27.2. The van der Waals surface area contributed by atoms with Gasteiger partial charge in [0, 0.05) is 22.6 Å². The van der Waals surface area contributed by atoms with Gasteiger partial charge in [0.25, 0.3) is 0 Å². The molecule has 0 heterocycles. The van der Waals surface area contributed by atoms with E-state index < -0.39 is 28.5 Å². The smallest absolute Gasteiger partial charge is 0.244 e. The number of amides is 2. The Labute approximate surface area is 230 Å². The van der Waals surface area contributed by atoms with Crippen molar-refractivity contribution in [2.24, 2.45) is 0 Å². The van der Waals surface area contributed by atoms with Crippen molar-refractivity contribution in [1.29, 1.82) is 0 Å². The van der Waals surface area contributed by atoms with Crippen LogP contribution < -0.4 is 9.62 Å². The van der Waals surface area contributed by atoms with Crippen LogP contribution in [0.4, 0.5) is 5.69 Å². The topological polar surface area (TPSA) is 86.8 Å². The first-order valence-electron chi connectivity index (χ1n) is 12.6. The highest BCUT2D eigenvalue weighted by atomic mass is 35.5. The van der Waals surface area contributed by atoms with Crippen LogP contribution in [0.5, 0.6) is 0 Å². The van der Waals surface area contributed by atoms with Gasteiger partial charge >= 0.3 is 0 Å². The lowest BCUT2D eigenvalue weighted by Crippen LogP contribution is -2.53. The van der Waals surface area contributed by atoms with Crippen molar-refractivity contribution in [2.45, 2.75) is 71.0 Å². The lowest BCUT2D eigenvalue weighted by Gasteiger charge is -2.34. The van der Waals surface area contributed by atoms with E-state index >= 15 is 0 Å². The number of sulfonamides is 1. The van der Waals surface area contributed by atoms with Gasteiger partial charge in [0.2, 0.25) is 21.8 Å². The summed E-state index contributed by atoms with van der Waals surface area (Å²) in [5.41, 5.74) is 1.87. The first-order chi connectivity index (χ1) is 17.5. The number of carbonyl (C=O) groups excluding carboxylic acids is 2. The molecule has 1 N–H and O–H groups in total. The summed E-state index contributed by atoms with van der Waals surface area (Å²) in [5, 5.41) is 3.91. The Balaban J connectivity index is 1.97. The van der Waals surface area contributed by atoms with Crippen molar-refractivity contribution >= 4 is 50.7 Å². The Kier molecular flexibility index (Phi) is 10.3. The Morgan fingerprint density at radius 2 is 1.73 bits per heavy atom. The molecule has 37 heavy (non-hydrogen) atoms. The normalized spacial score (nSPS) is 14.8. The van der Waals surface area contributed by atoms with Gasteiger partial charge in [-0.05, 0) is 55.0 Å². The monoisotopic (exact) mass is 567 g/mol. The van der Waals surface area contributed by atoms with E-state index in [-0.39, 0.29) is 18.5 Å². The van der Waals surface area contributed by atoms with Crippen molar-refractivity contribution in [3.63, 3.8) is 0 Å². The fourth-order valence-corrected chi connectivity index (χ4v) is 6.12. The van der Waals surface area contributed by atoms with Gasteiger partial charge in [-0.1, -0.05) is 74.2 Å². The zero-order valence-electron chi connectivity index (χ0n) is 21.5. The molecule has 0 unspecified atom stereocenters. The molecule has 0 aromatic heterocycles. The molecule has 0 radical (unpaired) electrons. The molecule has 202 valence electrons. The molecule has 0 bridgehead atoms. The highest BCUT2D eigenvalue weighted by molar-refractivity contribution is 7.92. The molecule has 0 saturated heterocycles. The van der Waals surface area contributed by atoms with E-state index in [1.54, 1.807) is 30.3 Å². The van der Waals surface area contributed by atoms with E-state index in [4.69, 9.17) is 23.2 Å². The molecule has 1 saturated carbocycles. The Morgan fingerprint density at radius 1 is 1.05 bits per heavy atom. The van der Waals surface area contributed by atoms with Crippen LogP contribution in [0.3, 0.4) is 0 Å². The van der Waals surface area contributed by atoms with Crippen LogP contribution in [0.25, 0.3) is 0 Å². The molecule has 1 fully saturated rings. The second kappa shape index (κ2) is 13.0. The van der Waals surface area contributed by atoms with E-state index in [2.05, 4.69) is 5.32 Å². The lowest BCUT2D eigenvalue weighted by molar-refractivity contribution is -0.140. The number of halogens is 2. The number of benzene rings is 2. The molecule has 7 nitrogen and oxygen atoms in total. The first kappa shape index (κ1) is 29.3. The predicted molar refractivity (Wildman–Crippen MR) is 149 cm³/mol. The number of anilines is 1. The van der Waals surface area contributed by atoms with Crippen molar-refractivity contribution in [1.82, 2.24) is 10.2 Å². The standard InChI is InChI=1S/C27H35Cl2N3O4S/c1-4-19-10-6-9-13-25(19)32(37(3,35)36)18-26(33)31(17-20-14-15-21(28)16-23(20)29)24(5-2)27(34)30-22-11-7-8-12-22/h6,9-10,13-16,22,24H,4-5,7-8,11-12,17-18H2,1-3H3,(H,30,34)/t24-/m0/s1. The molecule has 2 aromatic carbocycles. The fourth-order valence-electron chi connectivity index (χ4n) is 4.77. The molecular formula is C27H35Cl2N3O4S. The summed E-state index contributed by atoms with van der Waals surface area (Å²) in [4.78, 5) is 28.7. The highest BCUT2D eigenvalue weighted by Crippen LogP contribution is 2.27. The molecule has 1 aliphatic rings. The SMILES string of the molecule is CCc1ccccc1N(CC(=O)N(Cc1ccc(Cl)cc1Cl)[C@@H](CC)C(=O)NC1CCCC1)S(C)(=O)=O. The summed E-state index contributed by atoms with van der Waals surface area (Å²) in [6, 6.07) is 11.4. The van der Waals surface area contributed by atoms with E-state index in [1.165, 1.54) is 4.90 Å². The molecule has 2 aromatic rings. The van der Waals surface area contributed by atoms with Crippen LogP contribution in [-0.2, 0) is 32.6 Å². The van der Waals surface area contributed by atoms with Crippen LogP contribution in [0.15, 0.2) is 42.5 Å². The third kappa shape index (κ3) is 7.62. The first-order valence-corrected chi connectivity index (χ1v) is 15.2. The maximum Gasteiger partial charge on any atom is 0.244 e. The van der Waals surface area contributed by atoms with Crippen molar-refractivity contribution < 1.29 is 18.0 Å². The van der Waals surface area contributed by atoms with Gasteiger partial charge in [-0.15, -0.1) is 0 Å². The molecule has 10 heteroatoms. The van der Waals surface area contributed by atoms with Crippen LogP contribution >= 0.6 is 23.2 Å². The summed E-state index contributed by atoms with van der Waals surface area (Å²) in [7, 11) is -3.80. The van der Waals surface area contributed by atoms with Gasteiger partial charge in [0.15, 0.2) is 0 Å². The Morgan fingerprint density at radius 3 is 2.32 bits per heavy atom. The van der Waals surface area contributed by atoms with Crippen LogP contribution in [0, 0.1) is 0 Å². The molecule has 1 aliphatic carbocycles. The van der Waals surface area contributed by atoms with Crippen molar-refractivity contribution in [2.75, 3.05) is 17.1 Å². The molecule has 1 atom stereocenters. The van der Waals surface area contributed by atoms with E-state index in [0.29, 0.717) is 34.1 Å². The number of nitrogens with zero attached hydrogens (tertiary/aromatic N) is 2. The minimum Gasteiger partial charge on any atom is -0.352 e. The molecule has 2 amide bonds. The number of nitrogens with one attached hydrogen (secondary N) is 1. The summed E-state index contributed by atoms with van der Waals surface area (Å²) < 4.78 is 26.8. The number of hydrogen-bond donors (Lipinski definition) is 1. The second-order valence-electron chi connectivity index (χ2n) is 9.42. The largest absolute Gasteiger partial charge is 0.352 e. The van der Waals surface area contributed by atoms with Crippen LogP contribution in [0.1, 0.15) is 57.1 Å². The predicted octanol–water partition coefficient (Wildman–Crippen LogP) is 5.19. The number of carbonyl (C=O) groups is 2. The maximum atomic E-state index is 13.9. The van der Waals surface area contributed by atoms with Gasteiger partial charge in [0.1, 0.15) is 12.6 Å². The van der Waals surface area contributed by atoms with E-state index in [0.717, 1.165) is 41.8 Å². The number of rotatable bonds is 11. The third-order valence-electron chi connectivity index (χ3n) is 6.76. The molecular weight excluding hydrogens is 533 g/mol. The molecule has 0 spiro atoms. The molecule has 3 rings (SSSR count). The highest BCUT2D eigenvalue weighted by Gasteiger charge is 2.33. The minimum atomic E-state index is -3.80. The quantitative estimate of drug-likeness (QED) is 0.405. The van der Waals surface area contributed by atoms with E-state index in [1.807, 2.05) is 26.0 Å². The van der Waals surface area contributed by atoms with Crippen LogP contribution in [0.2, 0.25) is 10.0 Å². The van der Waals surface area contributed by atoms with Crippen LogP contribution in [-0.4, -0.2) is 50.0 Å². The summed E-state index contributed by atoms with van der Waals surface area (Å²) >= 11 is 12.5. The lowest BCUT2D eigenvalue weighted by atomic mass is 10.1. The van der Waals surface area contributed by atoms with Gasteiger partial charge in [-0.2, -0.15) is 0 Å². The average molecular weight is 569 g/mol. The van der Waals surface area contributed by atoms with E-state index in [9.17, 15) is 18.0 Å². The Bertz CT molecular complexity index is 1220. The van der Waals surface area contributed by atoms with Crippen molar-refractivity contribution in [3.05, 3.63) is 63.6 Å². The van der Waals surface area contributed by atoms with Gasteiger partial charge in [-0.25, -0.2) is 8.42 Å². The second-order valence-corrected chi connectivity index (χ2v) is 12.2. The Hall–Kier alpha value is -2.29. The van der Waals surface area contributed by atoms with Gasteiger partial charge in [0.05, 0.1) is 11.9 Å². The van der Waals surface area contributed by atoms with Gasteiger partial charge < -0.3 is 10.2 Å². The van der Waals surface area contributed by atoms with Crippen molar-refractivity contribution in [3.8, 4) is 0 Å². The summed E-state index contributed by atoms with van der Waals surface area (Å²) in [6.07, 6.45) is 5.98. The third-order valence-corrected chi connectivity index (χ3v) is 8.48. The average Bonchev–Trinajstić information content (AvgIpc) is 3.35. The zero-order valence-corrected chi connectivity index (χ0v) is 23.9. The fraction of sp³-hybridized carbons (Fsp3) is 0.481. The number of aryl methyl sites for hydroxylation is 1. The summed E-state index contributed by atoms with van der Waals surface area (Å²) in [5.74, 6) is -0.733. The molecule has 0 aliphatic heterocycles. The minimum absolute atomic E-state index is 0.0401. The number of hydrogen-bond acceptors (Lipinski definition) is 4. The number of para-hydroxylation sites is 1. The maximum absolute atomic E-state index is 13.9. The van der Waals surface area contributed by atoms with Gasteiger partial charge in [-0.3, -0.25) is 13.9 Å². The summed E-state index contributed by atoms with van der Waals surface area (Å²) in [6.45, 7) is 3.37.